The van der Waals surface area contributed by atoms with E-state index in [0.29, 0.717) is 17.8 Å². The monoisotopic (exact) mass is 259 g/mol. The van der Waals surface area contributed by atoms with Gasteiger partial charge in [0.15, 0.2) is 0 Å². The van der Waals surface area contributed by atoms with Gasteiger partial charge >= 0.3 is 0 Å². The molecule has 3 nitrogen and oxygen atoms in total. The zero-order valence-corrected chi connectivity index (χ0v) is 11.5. The molecular weight excluding hydrogens is 241 g/mol. The Morgan fingerprint density at radius 1 is 1.16 bits per heavy atom. The summed E-state index contributed by atoms with van der Waals surface area (Å²) in [5.74, 6) is 1.26. The molecule has 0 atom stereocenters. The number of nitrogens with one attached hydrogen (secondary N) is 1. The van der Waals surface area contributed by atoms with Crippen molar-refractivity contribution in [3.05, 3.63) is 52.7 Å². The van der Waals surface area contributed by atoms with Crippen LogP contribution in [0.3, 0.4) is 0 Å². The predicted molar refractivity (Wildman–Crippen MR) is 74.9 cm³/mol. The van der Waals surface area contributed by atoms with E-state index in [4.69, 9.17) is 0 Å². The first kappa shape index (κ1) is 13.5. The molecule has 0 aliphatic rings. The van der Waals surface area contributed by atoms with Gasteiger partial charge in [-0.1, -0.05) is 18.2 Å². The van der Waals surface area contributed by atoms with Crippen LogP contribution in [0.2, 0.25) is 0 Å². The van der Waals surface area contributed by atoms with Gasteiger partial charge in [-0.15, -0.1) is 0 Å². The largest absolute Gasteiger partial charge is 0.370 e. The van der Waals surface area contributed by atoms with Crippen molar-refractivity contribution in [3.63, 3.8) is 0 Å². The summed E-state index contributed by atoms with van der Waals surface area (Å²) >= 11 is 0. The third-order valence-corrected chi connectivity index (χ3v) is 3.09. The third-order valence-electron chi connectivity index (χ3n) is 3.09. The summed E-state index contributed by atoms with van der Waals surface area (Å²) in [6.07, 6.45) is 0.409. The molecule has 1 aromatic heterocycles. The van der Waals surface area contributed by atoms with Gasteiger partial charge in [0.05, 0.1) is 0 Å². The predicted octanol–water partition coefficient (Wildman–Crippen LogP) is 3.26. The fourth-order valence-electron chi connectivity index (χ4n) is 1.92. The van der Waals surface area contributed by atoms with Gasteiger partial charge in [-0.25, -0.2) is 14.4 Å². The van der Waals surface area contributed by atoms with Crippen LogP contribution in [0.15, 0.2) is 24.3 Å². The Labute approximate surface area is 112 Å². The van der Waals surface area contributed by atoms with E-state index in [2.05, 4.69) is 15.3 Å². The SMILES string of the molecule is CCNc1nc(Cc2ccccc2F)nc(C)c1C. The lowest BCUT2D eigenvalue weighted by atomic mass is 10.1. The van der Waals surface area contributed by atoms with E-state index in [1.807, 2.05) is 26.8 Å². The van der Waals surface area contributed by atoms with Gasteiger partial charge in [0.1, 0.15) is 17.5 Å². The minimum absolute atomic E-state index is 0.214. The number of benzene rings is 1. The summed E-state index contributed by atoms with van der Waals surface area (Å²) in [7, 11) is 0. The van der Waals surface area contributed by atoms with Crippen LogP contribution in [0.25, 0.3) is 0 Å². The Morgan fingerprint density at radius 3 is 2.58 bits per heavy atom. The van der Waals surface area contributed by atoms with Crippen molar-refractivity contribution < 1.29 is 4.39 Å². The van der Waals surface area contributed by atoms with Gasteiger partial charge in [-0.2, -0.15) is 0 Å². The first-order valence-corrected chi connectivity index (χ1v) is 6.43. The maximum absolute atomic E-state index is 13.6. The van der Waals surface area contributed by atoms with Gasteiger partial charge < -0.3 is 5.32 Å². The fraction of sp³-hybridized carbons (Fsp3) is 0.333. The Morgan fingerprint density at radius 2 is 1.89 bits per heavy atom. The topological polar surface area (TPSA) is 37.8 Å². The summed E-state index contributed by atoms with van der Waals surface area (Å²) in [5.41, 5.74) is 2.59. The molecule has 100 valence electrons. The van der Waals surface area contributed by atoms with Crippen LogP contribution in [0.4, 0.5) is 10.2 Å². The van der Waals surface area contributed by atoms with E-state index in [1.54, 1.807) is 12.1 Å². The van der Waals surface area contributed by atoms with Gasteiger partial charge in [0.25, 0.3) is 0 Å². The van der Waals surface area contributed by atoms with E-state index < -0.39 is 0 Å². The molecule has 0 bridgehead atoms. The molecule has 0 fully saturated rings. The minimum Gasteiger partial charge on any atom is -0.370 e. The van der Waals surface area contributed by atoms with Gasteiger partial charge in [-0.05, 0) is 32.4 Å². The molecule has 19 heavy (non-hydrogen) atoms. The number of aromatic nitrogens is 2. The molecule has 0 amide bonds. The highest BCUT2D eigenvalue weighted by Gasteiger charge is 2.09. The molecule has 0 saturated heterocycles. The second kappa shape index (κ2) is 5.78. The van der Waals surface area contributed by atoms with Gasteiger partial charge in [0.2, 0.25) is 0 Å². The van der Waals surface area contributed by atoms with Crippen molar-refractivity contribution in [1.29, 1.82) is 0 Å². The normalized spacial score (nSPS) is 10.5. The highest BCUT2D eigenvalue weighted by molar-refractivity contribution is 5.45. The molecule has 2 rings (SSSR count). The van der Waals surface area contributed by atoms with E-state index in [0.717, 1.165) is 23.6 Å². The highest BCUT2D eigenvalue weighted by Crippen LogP contribution is 2.17. The maximum Gasteiger partial charge on any atom is 0.135 e. The van der Waals surface area contributed by atoms with Crippen LogP contribution in [-0.4, -0.2) is 16.5 Å². The van der Waals surface area contributed by atoms with Crippen LogP contribution in [0, 0.1) is 19.7 Å². The Hall–Kier alpha value is -1.97. The number of hydrogen-bond acceptors (Lipinski definition) is 3. The third kappa shape index (κ3) is 3.08. The molecule has 0 spiro atoms. The molecule has 0 saturated carbocycles. The molecule has 1 N–H and O–H groups in total. The van der Waals surface area contributed by atoms with Crippen molar-refractivity contribution in [2.75, 3.05) is 11.9 Å². The summed E-state index contributed by atoms with van der Waals surface area (Å²) < 4.78 is 13.6. The smallest absolute Gasteiger partial charge is 0.135 e. The molecule has 2 aromatic rings. The number of anilines is 1. The molecule has 1 heterocycles. The Kier molecular flexibility index (Phi) is 4.10. The zero-order valence-electron chi connectivity index (χ0n) is 11.5. The quantitative estimate of drug-likeness (QED) is 0.915. The second-order valence-electron chi connectivity index (χ2n) is 4.50. The molecule has 0 aliphatic carbocycles. The fourth-order valence-corrected chi connectivity index (χ4v) is 1.92. The molecular formula is C15H18FN3. The van der Waals surface area contributed by atoms with E-state index in [-0.39, 0.29) is 5.82 Å². The lowest BCUT2D eigenvalue weighted by molar-refractivity contribution is 0.612. The highest BCUT2D eigenvalue weighted by atomic mass is 19.1. The molecule has 4 heteroatoms. The second-order valence-corrected chi connectivity index (χ2v) is 4.50. The number of nitrogens with zero attached hydrogens (tertiary/aromatic N) is 2. The minimum atomic E-state index is -0.214. The van der Waals surface area contributed by atoms with E-state index in [1.165, 1.54) is 6.07 Å². The lowest BCUT2D eigenvalue weighted by Gasteiger charge is -2.11. The van der Waals surface area contributed by atoms with Crippen molar-refractivity contribution >= 4 is 5.82 Å². The number of aryl methyl sites for hydroxylation is 1. The van der Waals surface area contributed by atoms with Crippen molar-refractivity contribution in [3.8, 4) is 0 Å². The van der Waals surface area contributed by atoms with Crippen LogP contribution in [0.5, 0.6) is 0 Å². The van der Waals surface area contributed by atoms with Gasteiger partial charge in [-0.3, -0.25) is 0 Å². The molecule has 0 aliphatic heterocycles. The van der Waals surface area contributed by atoms with Crippen molar-refractivity contribution in [1.82, 2.24) is 9.97 Å². The average molecular weight is 259 g/mol. The number of rotatable bonds is 4. The summed E-state index contributed by atoms with van der Waals surface area (Å²) in [5, 5.41) is 3.21. The number of hydrogen-bond donors (Lipinski definition) is 1. The summed E-state index contributed by atoms with van der Waals surface area (Å²) in [6, 6.07) is 6.73. The Bertz CT molecular complexity index is 582. The molecule has 1 aromatic carbocycles. The average Bonchev–Trinajstić information content (AvgIpc) is 2.38. The van der Waals surface area contributed by atoms with Crippen LogP contribution >= 0.6 is 0 Å². The van der Waals surface area contributed by atoms with Crippen molar-refractivity contribution in [2.45, 2.75) is 27.2 Å². The van der Waals surface area contributed by atoms with E-state index >= 15 is 0 Å². The molecule has 0 radical (unpaired) electrons. The lowest BCUT2D eigenvalue weighted by Crippen LogP contribution is -2.08. The molecule has 0 unspecified atom stereocenters. The zero-order chi connectivity index (χ0) is 13.8. The van der Waals surface area contributed by atoms with Crippen LogP contribution in [0.1, 0.15) is 29.6 Å². The van der Waals surface area contributed by atoms with Crippen LogP contribution < -0.4 is 5.32 Å². The van der Waals surface area contributed by atoms with Crippen molar-refractivity contribution in [2.24, 2.45) is 0 Å². The van der Waals surface area contributed by atoms with Gasteiger partial charge in [0, 0.05) is 24.2 Å². The standard InChI is InChI=1S/C15H18FN3/c1-4-17-15-10(2)11(3)18-14(19-15)9-12-7-5-6-8-13(12)16/h5-8H,4,9H2,1-3H3,(H,17,18,19). The number of halogens is 1. The van der Waals surface area contributed by atoms with Crippen LogP contribution in [-0.2, 0) is 6.42 Å². The Balaban J connectivity index is 2.33. The van der Waals surface area contributed by atoms with E-state index in [9.17, 15) is 4.39 Å². The first-order chi connectivity index (χ1) is 9.11. The summed E-state index contributed by atoms with van der Waals surface area (Å²) in [6.45, 7) is 6.76. The first-order valence-electron chi connectivity index (χ1n) is 6.43. The summed E-state index contributed by atoms with van der Waals surface area (Å²) in [4.78, 5) is 8.90. The maximum atomic E-state index is 13.6.